The van der Waals surface area contributed by atoms with Crippen molar-refractivity contribution in [3.63, 3.8) is 0 Å². The van der Waals surface area contributed by atoms with Gasteiger partial charge in [0.15, 0.2) is 6.10 Å². The van der Waals surface area contributed by atoms with Gasteiger partial charge in [0.05, 0.1) is 6.42 Å². The van der Waals surface area contributed by atoms with Crippen LogP contribution in [0.3, 0.4) is 0 Å². The Morgan fingerprint density at radius 2 is 0.655 bits per heavy atom. The molecule has 0 aromatic carbocycles. The van der Waals surface area contributed by atoms with Crippen molar-refractivity contribution in [2.45, 2.75) is 239 Å². The quantitative estimate of drug-likeness (QED) is 0.0264. The smallest absolute Gasteiger partial charge is 0.310 e. The summed E-state index contributed by atoms with van der Waals surface area (Å²) in [5.41, 5.74) is 0. The molecule has 0 N–H and O–H groups in total. The van der Waals surface area contributed by atoms with Gasteiger partial charge in [-0.1, -0.05) is 229 Å². The lowest BCUT2D eigenvalue weighted by atomic mass is 10.0. The molecule has 6 heteroatoms. The van der Waals surface area contributed by atoms with E-state index in [1.54, 1.807) is 6.08 Å². The third-order valence-electron chi connectivity index (χ3n) is 10.3. The van der Waals surface area contributed by atoms with Gasteiger partial charge in [0, 0.05) is 12.8 Å². The van der Waals surface area contributed by atoms with Crippen LogP contribution in [0.15, 0.2) is 60.8 Å². The summed E-state index contributed by atoms with van der Waals surface area (Å²) in [5, 5.41) is 0. The zero-order valence-electron chi connectivity index (χ0n) is 38.0. The van der Waals surface area contributed by atoms with Gasteiger partial charge in [-0.2, -0.15) is 0 Å². The third-order valence-corrected chi connectivity index (χ3v) is 10.3. The van der Waals surface area contributed by atoms with Crippen LogP contribution in [0, 0.1) is 0 Å². The van der Waals surface area contributed by atoms with Gasteiger partial charge < -0.3 is 14.2 Å². The van der Waals surface area contributed by atoms with Crippen LogP contribution in [0.4, 0.5) is 0 Å². The molecule has 0 spiro atoms. The lowest BCUT2D eigenvalue weighted by Crippen LogP contribution is -2.30. The number of allylic oxidation sites excluding steroid dienone is 9. The summed E-state index contributed by atoms with van der Waals surface area (Å²) in [6.07, 6.45) is 56.9. The van der Waals surface area contributed by atoms with Crippen LogP contribution in [0.1, 0.15) is 233 Å². The highest BCUT2D eigenvalue weighted by molar-refractivity contribution is 5.72. The number of rotatable bonds is 43. The fourth-order valence-corrected chi connectivity index (χ4v) is 6.69. The van der Waals surface area contributed by atoms with E-state index in [2.05, 4.69) is 69.4 Å². The number of hydrogen-bond donors (Lipinski definition) is 0. The minimum absolute atomic E-state index is 0.100. The second-order valence-electron chi connectivity index (χ2n) is 16.0. The molecule has 334 valence electrons. The Morgan fingerprint density at radius 3 is 0.983 bits per heavy atom. The van der Waals surface area contributed by atoms with Crippen LogP contribution in [-0.2, 0) is 28.6 Å². The molecule has 0 rings (SSSR count). The summed E-state index contributed by atoms with van der Waals surface area (Å²) < 4.78 is 16.6. The Balaban J connectivity index is 4.30. The van der Waals surface area contributed by atoms with E-state index in [1.807, 2.05) is 6.08 Å². The monoisotopic (exact) mass is 811 g/mol. The SMILES string of the molecule is CC/C=C\C/C=C\C/C=C\C/C=C\C/C=C\CC(=O)OC(COC(=O)CCCCCCCC)COC(=O)CCCCCCCCCCCCCCCCCCCCC. The van der Waals surface area contributed by atoms with E-state index in [0.29, 0.717) is 12.8 Å². The van der Waals surface area contributed by atoms with Gasteiger partial charge in [0.1, 0.15) is 13.2 Å². The molecule has 0 amide bonds. The van der Waals surface area contributed by atoms with Crippen molar-refractivity contribution in [3.8, 4) is 0 Å². The van der Waals surface area contributed by atoms with Crippen molar-refractivity contribution in [3.05, 3.63) is 60.8 Å². The normalized spacial score (nSPS) is 12.5. The fraction of sp³-hybridized carbons (Fsp3) is 0.750. The molecule has 0 aliphatic heterocycles. The van der Waals surface area contributed by atoms with E-state index in [0.717, 1.165) is 70.6 Å². The van der Waals surface area contributed by atoms with Crippen LogP contribution in [0.5, 0.6) is 0 Å². The number of ether oxygens (including phenoxy) is 3. The van der Waals surface area contributed by atoms with Crippen molar-refractivity contribution in [1.29, 1.82) is 0 Å². The topological polar surface area (TPSA) is 78.9 Å². The second kappa shape index (κ2) is 46.8. The van der Waals surface area contributed by atoms with Crippen LogP contribution >= 0.6 is 0 Å². The number of carbonyl (C=O) groups excluding carboxylic acids is 3. The molecule has 0 saturated carbocycles. The van der Waals surface area contributed by atoms with E-state index >= 15 is 0 Å². The molecule has 0 fully saturated rings. The first-order valence-corrected chi connectivity index (χ1v) is 24.3. The Bertz CT molecular complexity index is 1070. The maximum Gasteiger partial charge on any atom is 0.310 e. The standard InChI is InChI=1S/C52H90O6/c1-4-7-10-13-16-18-20-22-24-25-26-27-29-30-32-34-36-39-42-45-51(54)57-48-49(47-56-50(53)44-41-38-15-12-9-6-3)58-52(55)46-43-40-37-35-33-31-28-23-21-19-17-14-11-8-5-2/h8,11,17,19,23,28,33,35,40,43,49H,4-7,9-10,12-16,18,20-22,24-27,29-32,34,36-39,41-42,44-48H2,1-3H3/b11-8-,19-17-,28-23-,35-33-,43-40-. The van der Waals surface area contributed by atoms with Crippen LogP contribution in [0.2, 0.25) is 0 Å². The highest BCUT2D eigenvalue weighted by atomic mass is 16.6. The Morgan fingerprint density at radius 1 is 0.362 bits per heavy atom. The van der Waals surface area contributed by atoms with Gasteiger partial charge in [0.2, 0.25) is 0 Å². The molecule has 58 heavy (non-hydrogen) atoms. The summed E-state index contributed by atoms with van der Waals surface area (Å²) in [6.45, 7) is 6.38. The van der Waals surface area contributed by atoms with E-state index in [9.17, 15) is 14.4 Å². The van der Waals surface area contributed by atoms with E-state index in [1.165, 1.54) is 122 Å². The fourth-order valence-electron chi connectivity index (χ4n) is 6.69. The zero-order valence-corrected chi connectivity index (χ0v) is 38.0. The molecule has 0 bridgehead atoms. The summed E-state index contributed by atoms with van der Waals surface area (Å²) in [4.78, 5) is 37.6. The molecular weight excluding hydrogens is 721 g/mol. The lowest BCUT2D eigenvalue weighted by molar-refractivity contribution is -0.166. The van der Waals surface area contributed by atoms with Gasteiger partial charge in [-0.05, 0) is 44.9 Å². The predicted octanol–water partition coefficient (Wildman–Crippen LogP) is 15.7. The van der Waals surface area contributed by atoms with Gasteiger partial charge >= 0.3 is 17.9 Å². The first-order chi connectivity index (χ1) is 28.5. The van der Waals surface area contributed by atoms with Crippen molar-refractivity contribution in [1.82, 2.24) is 0 Å². The van der Waals surface area contributed by atoms with Crippen LogP contribution in [-0.4, -0.2) is 37.2 Å². The summed E-state index contributed by atoms with van der Waals surface area (Å²) in [7, 11) is 0. The molecule has 0 radical (unpaired) electrons. The molecule has 1 atom stereocenters. The Hall–Kier alpha value is -2.89. The second-order valence-corrected chi connectivity index (χ2v) is 16.0. The van der Waals surface area contributed by atoms with Crippen molar-refractivity contribution in [2.24, 2.45) is 0 Å². The van der Waals surface area contributed by atoms with E-state index in [-0.39, 0.29) is 31.6 Å². The third kappa shape index (κ3) is 44.2. The van der Waals surface area contributed by atoms with Crippen LogP contribution in [0.25, 0.3) is 0 Å². The molecule has 0 aromatic rings. The molecule has 0 heterocycles. The van der Waals surface area contributed by atoms with Crippen molar-refractivity contribution < 1.29 is 28.6 Å². The average molecular weight is 811 g/mol. The van der Waals surface area contributed by atoms with E-state index in [4.69, 9.17) is 14.2 Å². The molecule has 0 saturated heterocycles. The van der Waals surface area contributed by atoms with Gasteiger partial charge in [0.25, 0.3) is 0 Å². The minimum Gasteiger partial charge on any atom is -0.462 e. The summed E-state index contributed by atoms with van der Waals surface area (Å²) in [6, 6.07) is 0. The van der Waals surface area contributed by atoms with Gasteiger partial charge in [-0.3, -0.25) is 14.4 Å². The van der Waals surface area contributed by atoms with Crippen molar-refractivity contribution >= 4 is 17.9 Å². The zero-order chi connectivity index (χ0) is 42.3. The number of esters is 3. The van der Waals surface area contributed by atoms with Gasteiger partial charge in [-0.15, -0.1) is 0 Å². The van der Waals surface area contributed by atoms with Gasteiger partial charge in [-0.25, -0.2) is 0 Å². The highest BCUT2D eigenvalue weighted by Gasteiger charge is 2.19. The molecular formula is C52H90O6. The first-order valence-electron chi connectivity index (χ1n) is 24.3. The molecule has 6 nitrogen and oxygen atoms in total. The highest BCUT2D eigenvalue weighted by Crippen LogP contribution is 2.15. The molecule has 0 aliphatic carbocycles. The molecule has 0 aliphatic rings. The van der Waals surface area contributed by atoms with Crippen molar-refractivity contribution in [2.75, 3.05) is 13.2 Å². The Labute approximate surface area is 358 Å². The largest absolute Gasteiger partial charge is 0.462 e. The molecule has 1 unspecified atom stereocenters. The lowest BCUT2D eigenvalue weighted by Gasteiger charge is -2.18. The Kier molecular flexibility index (Phi) is 44.5. The molecule has 0 aromatic heterocycles. The maximum absolute atomic E-state index is 12.6. The maximum atomic E-state index is 12.6. The average Bonchev–Trinajstić information content (AvgIpc) is 3.22. The summed E-state index contributed by atoms with van der Waals surface area (Å²) in [5.74, 6) is -1.05. The number of hydrogen-bond acceptors (Lipinski definition) is 6. The van der Waals surface area contributed by atoms with E-state index < -0.39 is 12.1 Å². The first kappa shape index (κ1) is 55.1. The number of unbranched alkanes of at least 4 members (excludes halogenated alkanes) is 23. The number of carbonyl (C=O) groups is 3. The van der Waals surface area contributed by atoms with Crippen LogP contribution < -0.4 is 0 Å². The predicted molar refractivity (Wildman–Crippen MR) is 247 cm³/mol. The summed E-state index contributed by atoms with van der Waals surface area (Å²) >= 11 is 0. The minimum atomic E-state index is -0.821.